The van der Waals surface area contributed by atoms with Gasteiger partial charge in [-0.3, -0.25) is 0 Å². The Balaban J connectivity index is 2.30. The van der Waals surface area contributed by atoms with Crippen molar-refractivity contribution in [1.29, 1.82) is 0 Å². The third kappa shape index (κ3) is 3.30. The predicted octanol–water partition coefficient (Wildman–Crippen LogP) is 1.67. The highest BCUT2D eigenvalue weighted by Crippen LogP contribution is 2.37. The van der Waals surface area contributed by atoms with Crippen molar-refractivity contribution in [3.05, 3.63) is 0 Å². The monoisotopic (exact) mass is 237 g/mol. The summed E-state index contributed by atoms with van der Waals surface area (Å²) in [5.74, 6) is 0. The van der Waals surface area contributed by atoms with E-state index in [0.29, 0.717) is 0 Å². The van der Waals surface area contributed by atoms with Crippen LogP contribution in [-0.2, 0) is 4.74 Å². The molecule has 1 aliphatic carbocycles. The highest BCUT2D eigenvalue weighted by molar-refractivity contribution is 5.68. The van der Waals surface area contributed by atoms with Crippen molar-refractivity contribution in [2.75, 3.05) is 0 Å². The average molecular weight is 237 g/mol. The van der Waals surface area contributed by atoms with E-state index in [1.54, 1.807) is 20.8 Å². The Morgan fingerprint density at radius 1 is 1.50 bits per heavy atom. The Bertz CT molecular complexity index is 270. The zero-order chi connectivity index (χ0) is 12.6. The summed E-state index contributed by atoms with van der Waals surface area (Å²) in [6.07, 6.45) is -3.69. The maximum absolute atomic E-state index is 12.3. The van der Waals surface area contributed by atoms with Gasteiger partial charge in [0.25, 0.3) is 6.43 Å². The molecular formula is C10H17F2NO3. The third-order valence-corrected chi connectivity index (χ3v) is 2.33. The Morgan fingerprint density at radius 2 is 2.00 bits per heavy atom. The molecule has 94 valence electrons. The van der Waals surface area contributed by atoms with E-state index in [1.807, 2.05) is 0 Å². The van der Waals surface area contributed by atoms with Crippen LogP contribution in [0.15, 0.2) is 0 Å². The van der Waals surface area contributed by atoms with Crippen molar-refractivity contribution < 1.29 is 23.4 Å². The standard InChI is InChI=1S/C10H17F2NO3/c1-9(2,3)16-8(14)13-6-4-10(15,5-6)7(11)12/h6-7,15H,4-5H2,1-3H3,(H,13,14)/t6-,10+. The van der Waals surface area contributed by atoms with E-state index in [0.717, 1.165) is 0 Å². The summed E-state index contributed by atoms with van der Waals surface area (Å²) in [6.45, 7) is 5.13. The summed E-state index contributed by atoms with van der Waals surface area (Å²) in [7, 11) is 0. The fraction of sp³-hybridized carbons (Fsp3) is 0.900. The van der Waals surface area contributed by atoms with Gasteiger partial charge in [0.15, 0.2) is 0 Å². The second-order valence-electron chi connectivity index (χ2n) is 5.16. The lowest BCUT2D eigenvalue weighted by molar-refractivity contribution is -0.155. The summed E-state index contributed by atoms with van der Waals surface area (Å²) >= 11 is 0. The molecule has 1 fully saturated rings. The maximum Gasteiger partial charge on any atom is 0.407 e. The van der Waals surface area contributed by atoms with Gasteiger partial charge < -0.3 is 15.2 Å². The van der Waals surface area contributed by atoms with Crippen LogP contribution in [0.2, 0.25) is 0 Å². The Labute approximate surface area is 93.0 Å². The van der Waals surface area contributed by atoms with Gasteiger partial charge in [-0.2, -0.15) is 0 Å². The Morgan fingerprint density at radius 3 is 2.38 bits per heavy atom. The molecule has 6 heteroatoms. The average Bonchev–Trinajstić information content (AvgIpc) is 1.96. The van der Waals surface area contributed by atoms with Gasteiger partial charge in [0, 0.05) is 18.9 Å². The largest absolute Gasteiger partial charge is 0.444 e. The topological polar surface area (TPSA) is 58.6 Å². The molecule has 1 rings (SSSR count). The summed E-state index contributed by atoms with van der Waals surface area (Å²) in [6, 6.07) is -0.436. The molecule has 0 atom stereocenters. The molecule has 0 aromatic heterocycles. The molecule has 4 nitrogen and oxygen atoms in total. The number of amides is 1. The first-order chi connectivity index (χ1) is 7.12. The summed E-state index contributed by atoms with van der Waals surface area (Å²) in [4.78, 5) is 11.2. The molecule has 0 radical (unpaired) electrons. The van der Waals surface area contributed by atoms with Crippen LogP contribution in [0.1, 0.15) is 33.6 Å². The Kier molecular flexibility index (Phi) is 3.42. The number of ether oxygens (including phenoxy) is 1. The van der Waals surface area contributed by atoms with Crippen LogP contribution >= 0.6 is 0 Å². The SMILES string of the molecule is CC(C)(C)OC(=O)N[C@H]1C[C@](O)(C(F)F)C1. The minimum Gasteiger partial charge on any atom is -0.444 e. The fourth-order valence-corrected chi connectivity index (χ4v) is 1.55. The molecule has 0 saturated heterocycles. The van der Waals surface area contributed by atoms with Crippen LogP contribution in [0.5, 0.6) is 0 Å². The molecule has 0 heterocycles. The van der Waals surface area contributed by atoms with Gasteiger partial charge in [-0.15, -0.1) is 0 Å². The third-order valence-electron chi connectivity index (χ3n) is 2.33. The summed E-state index contributed by atoms with van der Waals surface area (Å²) < 4.78 is 29.5. The van der Waals surface area contributed by atoms with Crippen LogP contribution < -0.4 is 5.32 Å². The van der Waals surface area contributed by atoms with Gasteiger partial charge in [0.2, 0.25) is 0 Å². The van der Waals surface area contributed by atoms with E-state index in [1.165, 1.54) is 0 Å². The van der Waals surface area contributed by atoms with Crippen LogP contribution in [-0.4, -0.2) is 34.9 Å². The number of aliphatic hydroxyl groups is 1. The molecular weight excluding hydrogens is 220 g/mol. The molecule has 1 saturated carbocycles. The smallest absolute Gasteiger partial charge is 0.407 e. The van der Waals surface area contributed by atoms with E-state index in [-0.39, 0.29) is 12.8 Å². The van der Waals surface area contributed by atoms with Crippen molar-refractivity contribution in [2.45, 2.75) is 57.3 Å². The molecule has 0 aromatic rings. The van der Waals surface area contributed by atoms with Gasteiger partial charge in [0.05, 0.1) is 0 Å². The van der Waals surface area contributed by atoms with Gasteiger partial charge in [-0.1, -0.05) is 0 Å². The van der Waals surface area contributed by atoms with Crippen molar-refractivity contribution in [3.8, 4) is 0 Å². The van der Waals surface area contributed by atoms with E-state index in [2.05, 4.69) is 5.32 Å². The lowest BCUT2D eigenvalue weighted by atomic mass is 9.76. The molecule has 1 amide bonds. The van der Waals surface area contributed by atoms with E-state index in [9.17, 15) is 18.7 Å². The predicted molar refractivity (Wildman–Crippen MR) is 53.3 cm³/mol. The van der Waals surface area contributed by atoms with Crippen molar-refractivity contribution in [1.82, 2.24) is 5.32 Å². The molecule has 0 aromatic carbocycles. The van der Waals surface area contributed by atoms with E-state index < -0.39 is 29.8 Å². The van der Waals surface area contributed by atoms with Gasteiger partial charge in [0.1, 0.15) is 11.2 Å². The number of rotatable bonds is 2. The molecule has 2 N–H and O–H groups in total. The molecule has 1 aliphatic rings. The number of hydrogen-bond donors (Lipinski definition) is 2. The van der Waals surface area contributed by atoms with Crippen molar-refractivity contribution in [3.63, 3.8) is 0 Å². The molecule has 0 aliphatic heterocycles. The van der Waals surface area contributed by atoms with Crippen molar-refractivity contribution in [2.24, 2.45) is 0 Å². The number of alkyl carbamates (subject to hydrolysis) is 1. The van der Waals surface area contributed by atoms with Crippen LogP contribution in [0.4, 0.5) is 13.6 Å². The van der Waals surface area contributed by atoms with Gasteiger partial charge in [-0.05, 0) is 20.8 Å². The summed E-state index contributed by atoms with van der Waals surface area (Å²) in [5.41, 5.74) is -2.56. The quantitative estimate of drug-likeness (QED) is 0.768. The zero-order valence-electron chi connectivity index (χ0n) is 9.59. The summed E-state index contributed by atoms with van der Waals surface area (Å²) in [5, 5.41) is 11.7. The fourth-order valence-electron chi connectivity index (χ4n) is 1.55. The number of hydrogen-bond acceptors (Lipinski definition) is 3. The number of alkyl halides is 2. The van der Waals surface area contributed by atoms with Crippen LogP contribution in [0.25, 0.3) is 0 Å². The second-order valence-corrected chi connectivity index (χ2v) is 5.16. The molecule has 0 spiro atoms. The van der Waals surface area contributed by atoms with E-state index >= 15 is 0 Å². The number of carbonyl (C=O) groups excluding carboxylic acids is 1. The van der Waals surface area contributed by atoms with Crippen LogP contribution in [0.3, 0.4) is 0 Å². The van der Waals surface area contributed by atoms with Crippen molar-refractivity contribution >= 4 is 6.09 Å². The number of halogens is 2. The first-order valence-electron chi connectivity index (χ1n) is 5.12. The minimum absolute atomic E-state index is 0.135. The highest BCUT2D eigenvalue weighted by atomic mass is 19.3. The number of nitrogens with one attached hydrogen (secondary N) is 1. The first-order valence-corrected chi connectivity index (χ1v) is 5.12. The first kappa shape index (κ1) is 13.2. The second kappa shape index (κ2) is 4.16. The molecule has 0 unspecified atom stereocenters. The zero-order valence-corrected chi connectivity index (χ0v) is 9.59. The molecule has 16 heavy (non-hydrogen) atoms. The molecule has 0 bridgehead atoms. The Hall–Kier alpha value is -0.910. The lowest BCUT2D eigenvalue weighted by Crippen LogP contribution is -2.59. The highest BCUT2D eigenvalue weighted by Gasteiger charge is 2.50. The van der Waals surface area contributed by atoms with Crippen LogP contribution in [0, 0.1) is 0 Å². The van der Waals surface area contributed by atoms with Gasteiger partial charge >= 0.3 is 6.09 Å². The minimum atomic E-state index is -2.77. The van der Waals surface area contributed by atoms with Gasteiger partial charge in [-0.25, -0.2) is 13.6 Å². The van der Waals surface area contributed by atoms with E-state index in [4.69, 9.17) is 4.74 Å². The lowest BCUT2D eigenvalue weighted by Gasteiger charge is -2.42. The number of carbonyl (C=O) groups is 1. The normalized spacial score (nSPS) is 29.8. The maximum atomic E-state index is 12.3.